The molecule has 0 aliphatic carbocycles. The first-order valence-electron chi connectivity index (χ1n) is 16.8. The largest absolute Gasteiger partial charge is 0.438 e. The van der Waals surface area contributed by atoms with Gasteiger partial charge in [-0.05, 0) is 54.6 Å². The van der Waals surface area contributed by atoms with Gasteiger partial charge in [0.05, 0.1) is 11.0 Å². The van der Waals surface area contributed by atoms with Crippen molar-refractivity contribution in [2.75, 3.05) is 0 Å². The number of hydrogen-bond donors (Lipinski definition) is 0. The lowest BCUT2D eigenvalue weighted by molar-refractivity contribution is 0.654. The summed E-state index contributed by atoms with van der Waals surface area (Å²) in [5.41, 5.74) is 7.39. The summed E-state index contributed by atoms with van der Waals surface area (Å²) in [6.07, 6.45) is 1.75. The van der Waals surface area contributed by atoms with E-state index in [2.05, 4.69) is 131 Å². The van der Waals surface area contributed by atoms with Crippen LogP contribution in [0, 0.1) is 0 Å². The van der Waals surface area contributed by atoms with Crippen molar-refractivity contribution in [1.82, 2.24) is 24.5 Å². The highest BCUT2D eigenvalue weighted by Gasteiger charge is 2.21. The van der Waals surface area contributed by atoms with Crippen LogP contribution in [0.1, 0.15) is 0 Å². The average molecular weight is 672 g/mol. The van der Waals surface area contributed by atoms with E-state index in [1.807, 2.05) is 24.3 Å². The monoisotopic (exact) mass is 671 g/mol. The molecule has 0 saturated carbocycles. The normalized spacial score (nSPS) is 11.9. The van der Waals surface area contributed by atoms with Crippen molar-refractivity contribution in [1.29, 1.82) is 0 Å². The number of nitrogens with zero attached hydrogens (tertiary/aromatic N) is 5. The Balaban J connectivity index is 1.19. The van der Waals surface area contributed by atoms with Crippen molar-refractivity contribution in [2.24, 2.45) is 0 Å². The molecular formula is C44H25N5OS. The molecule has 5 heterocycles. The van der Waals surface area contributed by atoms with Crippen molar-refractivity contribution in [3.8, 4) is 39.9 Å². The molecule has 0 fully saturated rings. The molecule has 0 spiro atoms. The fourth-order valence-electron chi connectivity index (χ4n) is 7.54. The van der Waals surface area contributed by atoms with E-state index in [9.17, 15) is 0 Å². The molecule has 11 aromatic rings. The minimum Gasteiger partial charge on any atom is -0.438 e. The number of para-hydroxylation sites is 2. The highest BCUT2D eigenvalue weighted by molar-refractivity contribution is 7.25. The summed E-state index contributed by atoms with van der Waals surface area (Å²) in [6, 6.07) is 50.5. The predicted octanol–water partition coefficient (Wildman–Crippen LogP) is 11.6. The Morgan fingerprint density at radius 2 is 1.12 bits per heavy atom. The van der Waals surface area contributed by atoms with Gasteiger partial charge in [-0.1, -0.05) is 91.0 Å². The Bertz CT molecular complexity index is 2990. The molecule has 51 heavy (non-hydrogen) atoms. The second-order valence-corrected chi connectivity index (χ2v) is 13.7. The zero-order valence-electron chi connectivity index (χ0n) is 27.0. The van der Waals surface area contributed by atoms with Gasteiger partial charge in [0.1, 0.15) is 5.58 Å². The maximum atomic E-state index is 6.18. The van der Waals surface area contributed by atoms with Crippen LogP contribution in [0.2, 0.25) is 0 Å². The molecule has 6 aromatic carbocycles. The quantitative estimate of drug-likeness (QED) is 0.186. The zero-order valence-corrected chi connectivity index (χ0v) is 27.8. The Morgan fingerprint density at radius 3 is 1.92 bits per heavy atom. The third kappa shape index (κ3) is 4.28. The third-order valence-electron chi connectivity index (χ3n) is 9.74. The number of furan rings is 1. The molecule has 238 valence electrons. The summed E-state index contributed by atoms with van der Waals surface area (Å²) in [7, 11) is 0. The van der Waals surface area contributed by atoms with Gasteiger partial charge in [-0.15, -0.1) is 11.3 Å². The highest BCUT2D eigenvalue weighted by Crippen LogP contribution is 2.41. The summed E-state index contributed by atoms with van der Waals surface area (Å²) >= 11 is 1.78. The smallest absolute Gasteiger partial charge is 0.227 e. The molecule has 7 heteroatoms. The lowest BCUT2D eigenvalue weighted by atomic mass is 10.0. The lowest BCUT2D eigenvalue weighted by Crippen LogP contribution is -2.01. The molecule has 0 bridgehead atoms. The number of aromatic nitrogens is 5. The summed E-state index contributed by atoms with van der Waals surface area (Å²) < 4.78 is 10.9. The van der Waals surface area contributed by atoms with Crippen LogP contribution in [-0.2, 0) is 0 Å². The molecule has 6 nitrogen and oxygen atoms in total. The van der Waals surface area contributed by atoms with Gasteiger partial charge in [0.2, 0.25) is 5.71 Å². The Hall–Kier alpha value is -6.70. The van der Waals surface area contributed by atoms with Crippen LogP contribution in [0.25, 0.3) is 104 Å². The Morgan fingerprint density at radius 1 is 0.490 bits per heavy atom. The topological polar surface area (TPSA) is 69.6 Å². The SMILES string of the molecule is c1cc(-c2nc(-c3cccc4oc5ncccc5c34)nc(-c3cccc4sc5ccccc5c34)n2)cc(-n2c3ccccc3c3ccccc32)c1. The first-order chi connectivity index (χ1) is 25.3. The van der Waals surface area contributed by atoms with Crippen LogP contribution in [0.15, 0.2) is 156 Å². The molecule has 0 N–H and O–H groups in total. The number of fused-ring (bicyclic) bond motifs is 9. The summed E-state index contributed by atoms with van der Waals surface area (Å²) in [5, 5.41) is 6.63. The number of rotatable bonds is 4. The van der Waals surface area contributed by atoms with Gasteiger partial charge in [0.15, 0.2) is 17.5 Å². The van der Waals surface area contributed by atoms with E-state index in [0.29, 0.717) is 23.2 Å². The molecule has 5 aromatic heterocycles. The predicted molar refractivity (Wildman–Crippen MR) is 208 cm³/mol. The van der Waals surface area contributed by atoms with E-state index >= 15 is 0 Å². The van der Waals surface area contributed by atoms with Gasteiger partial charge in [0.25, 0.3) is 0 Å². The van der Waals surface area contributed by atoms with Gasteiger partial charge in [-0.2, -0.15) is 0 Å². The average Bonchev–Trinajstić information content (AvgIpc) is 3.87. The molecule has 0 saturated heterocycles. The maximum Gasteiger partial charge on any atom is 0.227 e. The van der Waals surface area contributed by atoms with Crippen molar-refractivity contribution in [2.45, 2.75) is 0 Å². The first-order valence-corrected chi connectivity index (χ1v) is 17.6. The van der Waals surface area contributed by atoms with Crippen molar-refractivity contribution in [3.63, 3.8) is 0 Å². The van der Waals surface area contributed by atoms with Crippen LogP contribution >= 0.6 is 11.3 Å². The molecular weight excluding hydrogens is 647 g/mol. The van der Waals surface area contributed by atoms with E-state index < -0.39 is 0 Å². The molecule has 0 radical (unpaired) electrons. The summed E-state index contributed by atoms with van der Waals surface area (Å²) in [4.78, 5) is 20.2. The number of benzene rings is 6. The second-order valence-electron chi connectivity index (χ2n) is 12.6. The van der Waals surface area contributed by atoms with Gasteiger partial charge >= 0.3 is 0 Å². The van der Waals surface area contributed by atoms with Gasteiger partial charge < -0.3 is 8.98 Å². The van der Waals surface area contributed by atoms with Gasteiger partial charge in [-0.3, -0.25) is 0 Å². The van der Waals surface area contributed by atoms with Gasteiger partial charge in [-0.25, -0.2) is 19.9 Å². The fourth-order valence-corrected chi connectivity index (χ4v) is 8.67. The van der Waals surface area contributed by atoms with E-state index in [0.717, 1.165) is 55.2 Å². The number of thiophene rings is 1. The van der Waals surface area contributed by atoms with E-state index in [1.54, 1.807) is 17.5 Å². The van der Waals surface area contributed by atoms with Crippen molar-refractivity contribution in [3.05, 3.63) is 152 Å². The number of hydrogen-bond acceptors (Lipinski definition) is 6. The highest BCUT2D eigenvalue weighted by atomic mass is 32.1. The van der Waals surface area contributed by atoms with Gasteiger partial charge in [0, 0.05) is 70.3 Å². The summed E-state index contributed by atoms with van der Waals surface area (Å²) in [6.45, 7) is 0. The molecule has 0 unspecified atom stereocenters. The Labute approximate surface area is 294 Å². The van der Waals surface area contributed by atoms with E-state index in [1.165, 1.54) is 25.6 Å². The third-order valence-corrected chi connectivity index (χ3v) is 10.9. The van der Waals surface area contributed by atoms with Crippen LogP contribution in [0.3, 0.4) is 0 Å². The van der Waals surface area contributed by atoms with Crippen LogP contribution in [-0.4, -0.2) is 24.5 Å². The lowest BCUT2D eigenvalue weighted by Gasteiger charge is -2.12. The molecule has 0 atom stereocenters. The van der Waals surface area contributed by atoms with Crippen LogP contribution in [0.4, 0.5) is 0 Å². The first kappa shape index (κ1) is 28.2. The molecule has 11 rings (SSSR count). The van der Waals surface area contributed by atoms with E-state index in [-0.39, 0.29) is 0 Å². The second kappa shape index (κ2) is 10.9. The standard InChI is InChI=1S/C44H25N5OS/c1-4-19-34-28(13-1)29-14-2-5-20-35(29)49(34)27-12-7-11-26(25-27)41-46-42(31-16-8-21-36-39(31)33-18-10-24-45-44(33)50-36)48-43(47-41)32-17-9-23-38-40(32)30-15-3-6-22-37(30)51-38/h1-25H. The zero-order chi connectivity index (χ0) is 33.5. The van der Waals surface area contributed by atoms with Crippen LogP contribution < -0.4 is 0 Å². The summed E-state index contributed by atoms with van der Waals surface area (Å²) in [5.74, 6) is 1.79. The Kier molecular flexibility index (Phi) is 6.02. The minimum absolute atomic E-state index is 0.575. The molecule has 0 aliphatic rings. The molecule has 0 amide bonds. The maximum absolute atomic E-state index is 6.18. The van der Waals surface area contributed by atoms with Crippen molar-refractivity contribution < 1.29 is 4.42 Å². The molecule has 0 aliphatic heterocycles. The van der Waals surface area contributed by atoms with E-state index in [4.69, 9.17) is 19.4 Å². The fraction of sp³-hybridized carbons (Fsp3) is 0. The number of pyridine rings is 1. The van der Waals surface area contributed by atoms with Crippen molar-refractivity contribution >= 4 is 75.4 Å². The van der Waals surface area contributed by atoms with Crippen LogP contribution in [0.5, 0.6) is 0 Å². The minimum atomic E-state index is 0.575.